The summed E-state index contributed by atoms with van der Waals surface area (Å²) in [6.07, 6.45) is 0.452. The molecule has 0 bridgehead atoms. The van der Waals surface area contributed by atoms with Crippen LogP contribution in [0.1, 0.15) is 36.2 Å². The van der Waals surface area contributed by atoms with E-state index in [1.165, 1.54) is 0 Å². The molecule has 20 heavy (non-hydrogen) atoms. The van der Waals surface area contributed by atoms with Gasteiger partial charge in [-0.05, 0) is 38.1 Å². The highest BCUT2D eigenvalue weighted by Crippen LogP contribution is 2.07. The Bertz CT molecular complexity index is 495. The molecular weight excluding hydrogens is 254 g/mol. The third-order valence-electron chi connectivity index (χ3n) is 2.57. The fraction of sp³-hybridized carbons (Fsp3) is 0.438. The second kappa shape index (κ2) is 7.68. The van der Waals surface area contributed by atoms with Gasteiger partial charge in [0.05, 0.1) is 18.8 Å². The summed E-state index contributed by atoms with van der Waals surface area (Å²) in [4.78, 5) is 12.1. The maximum absolute atomic E-state index is 12.1. The Balaban J connectivity index is 2.69. The van der Waals surface area contributed by atoms with Crippen molar-refractivity contribution in [3.05, 3.63) is 35.4 Å². The molecule has 1 aromatic carbocycles. The van der Waals surface area contributed by atoms with Crippen molar-refractivity contribution in [1.82, 2.24) is 5.32 Å². The predicted molar refractivity (Wildman–Crippen MR) is 78.4 cm³/mol. The maximum atomic E-state index is 12.1. The summed E-state index contributed by atoms with van der Waals surface area (Å²) in [6, 6.07) is 7.06. The highest BCUT2D eigenvalue weighted by Gasteiger charge is 2.20. The van der Waals surface area contributed by atoms with Gasteiger partial charge in [-0.25, -0.2) is 0 Å². The SMILES string of the molecule is COCC(C)(C)NC(=O)c1ccc(C#CCCO)cc1. The standard InChI is InChI=1S/C16H21NO3/c1-16(2,12-20-3)17-15(19)14-9-7-13(8-10-14)6-4-5-11-18/h7-10,18H,5,11-12H2,1-3H3,(H,17,19). The fourth-order valence-electron chi connectivity index (χ4n) is 1.70. The first-order chi connectivity index (χ1) is 9.48. The molecular formula is C16H21NO3. The van der Waals surface area contributed by atoms with Gasteiger partial charge in [0.2, 0.25) is 0 Å². The van der Waals surface area contributed by atoms with Gasteiger partial charge in [0.15, 0.2) is 0 Å². The lowest BCUT2D eigenvalue weighted by Gasteiger charge is -2.25. The molecule has 0 aliphatic heterocycles. The molecule has 0 aromatic heterocycles. The Kier molecular flexibility index (Phi) is 6.23. The average molecular weight is 275 g/mol. The Morgan fingerprint density at radius 1 is 1.35 bits per heavy atom. The third-order valence-corrected chi connectivity index (χ3v) is 2.57. The second-order valence-corrected chi connectivity index (χ2v) is 5.12. The summed E-state index contributed by atoms with van der Waals surface area (Å²) in [6.45, 7) is 4.32. The molecule has 0 atom stereocenters. The van der Waals surface area contributed by atoms with Crippen LogP contribution in [-0.2, 0) is 4.74 Å². The minimum atomic E-state index is -0.411. The summed E-state index contributed by atoms with van der Waals surface area (Å²) in [5.41, 5.74) is 0.999. The predicted octanol–water partition coefficient (Wildman–Crippen LogP) is 1.58. The quantitative estimate of drug-likeness (QED) is 0.802. The van der Waals surface area contributed by atoms with E-state index in [2.05, 4.69) is 17.2 Å². The van der Waals surface area contributed by atoms with Gasteiger partial charge in [-0.3, -0.25) is 4.79 Å². The van der Waals surface area contributed by atoms with Crippen molar-refractivity contribution in [3.63, 3.8) is 0 Å². The van der Waals surface area contributed by atoms with Gasteiger partial charge >= 0.3 is 0 Å². The van der Waals surface area contributed by atoms with Gasteiger partial charge < -0.3 is 15.2 Å². The number of hydrogen-bond acceptors (Lipinski definition) is 3. The normalized spacial score (nSPS) is 10.6. The van der Waals surface area contributed by atoms with Crippen molar-refractivity contribution in [2.24, 2.45) is 0 Å². The van der Waals surface area contributed by atoms with Gasteiger partial charge in [-0.2, -0.15) is 0 Å². The van der Waals surface area contributed by atoms with E-state index in [4.69, 9.17) is 9.84 Å². The van der Waals surface area contributed by atoms with Gasteiger partial charge in [0, 0.05) is 24.7 Å². The van der Waals surface area contributed by atoms with Gasteiger partial charge in [-0.1, -0.05) is 11.8 Å². The molecule has 0 aliphatic carbocycles. The topological polar surface area (TPSA) is 58.6 Å². The number of amides is 1. The van der Waals surface area contributed by atoms with Gasteiger partial charge in [-0.15, -0.1) is 0 Å². The largest absolute Gasteiger partial charge is 0.395 e. The van der Waals surface area contributed by atoms with Crippen molar-refractivity contribution < 1.29 is 14.6 Å². The Labute approximate surface area is 120 Å². The van der Waals surface area contributed by atoms with Crippen molar-refractivity contribution in [3.8, 4) is 11.8 Å². The molecule has 1 aromatic rings. The highest BCUT2D eigenvalue weighted by atomic mass is 16.5. The smallest absolute Gasteiger partial charge is 0.251 e. The Hall–Kier alpha value is -1.83. The van der Waals surface area contributed by atoms with Gasteiger partial charge in [0.1, 0.15) is 0 Å². The van der Waals surface area contributed by atoms with E-state index >= 15 is 0 Å². The Morgan fingerprint density at radius 2 is 2.00 bits per heavy atom. The van der Waals surface area contributed by atoms with Crippen LogP contribution in [0.3, 0.4) is 0 Å². The summed E-state index contributed by atoms with van der Waals surface area (Å²) < 4.78 is 5.06. The molecule has 1 amide bonds. The first-order valence-corrected chi connectivity index (χ1v) is 6.50. The summed E-state index contributed by atoms with van der Waals surface area (Å²) in [5.74, 6) is 5.62. The molecule has 108 valence electrons. The van der Waals surface area contributed by atoms with Gasteiger partial charge in [0.25, 0.3) is 5.91 Å². The van der Waals surface area contributed by atoms with Crippen molar-refractivity contribution in [2.45, 2.75) is 25.8 Å². The zero-order valence-corrected chi connectivity index (χ0v) is 12.2. The number of carbonyl (C=O) groups excluding carboxylic acids is 1. The average Bonchev–Trinajstić information content (AvgIpc) is 2.39. The van der Waals surface area contributed by atoms with E-state index in [0.717, 1.165) is 5.56 Å². The number of rotatable bonds is 5. The number of hydrogen-bond donors (Lipinski definition) is 2. The van der Waals surface area contributed by atoms with Crippen LogP contribution in [0.15, 0.2) is 24.3 Å². The molecule has 2 N–H and O–H groups in total. The summed E-state index contributed by atoms with van der Waals surface area (Å²) >= 11 is 0. The molecule has 0 aliphatic rings. The number of methoxy groups -OCH3 is 1. The van der Waals surface area contributed by atoms with Crippen molar-refractivity contribution in [1.29, 1.82) is 0 Å². The number of aliphatic hydroxyl groups is 1. The summed E-state index contributed by atoms with van der Waals surface area (Å²) in [5, 5.41) is 11.6. The minimum absolute atomic E-state index is 0.0576. The van der Waals surface area contributed by atoms with Crippen LogP contribution in [0.4, 0.5) is 0 Å². The number of nitrogens with one attached hydrogen (secondary N) is 1. The monoisotopic (exact) mass is 275 g/mol. The molecule has 0 unspecified atom stereocenters. The van der Waals surface area contributed by atoms with E-state index in [1.54, 1.807) is 31.4 Å². The maximum Gasteiger partial charge on any atom is 0.251 e. The van der Waals surface area contributed by atoms with Crippen LogP contribution in [0.2, 0.25) is 0 Å². The molecule has 0 saturated heterocycles. The minimum Gasteiger partial charge on any atom is -0.395 e. The molecule has 1 rings (SSSR count). The van der Waals surface area contributed by atoms with Crippen LogP contribution in [0.25, 0.3) is 0 Å². The second-order valence-electron chi connectivity index (χ2n) is 5.12. The molecule has 0 fully saturated rings. The van der Waals surface area contributed by atoms with E-state index in [-0.39, 0.29) is 12.5 Å². The van der Waals surface area contributed by atoms with E-state index < -0.39 is 5.54 Å². The van der Waals surface area contributed by atoms with E-state index in [9.17, 15) is 4.79 Å². The third kappa shape index (κ3) is 5.43. The first-order valence-electron chi connectivity index (χ1n) is 6.50. The van der Waals surface area contributed by atoms with Crippen LogP contribution in [0.5, 0.6) is 0 Å². The van der Waals surface area contributed by atoms with Crippen LogP contribution < -0.4 is 5.32 Å². The van der Waals surface area contributed by atoms with E-state index in [1.807, 2.05) is 13.8 Å². The lowest BCUT2D eigenvalue weighted by atomic mass is 10.1. The molecule has 4 nitrogen and oxygen atoms in total. The molecule has 0 heterocycles. The zero-order valence-electron chi connectivity index (χ0n) is 12.2. The lowest BCUT2D eigenvalue weighted by Crippen LogP contribution is -2.46. The first kappa shape index (κ1) is 16.2. The zero-order chi connectivity index (χ0) is 15.0. The number of ether oxygens (including phenoxy) is 1. The fourth-order valence-corrected chi connectivity index (χ4v) is 1.70. The molecule has 0 saturated carbocycles. The molecule has 4 heteroatoms. The summed E-state index contributed by atoms with van der Waals surface area (Å²) in [7, 11) is 1.60. The van der Waals surface area contributed by atoms with Crippen LogP contribution >= 0.6 is 0 Å². The lowest BCUT2D eigenvalue weighted by molar-refractivity contribution is 0.0820. The molecule has 0 spiro atoms. The van der Waals surface area contributed by atoms with Crippen LogP contribution in [0, 0.1) is 11.8 Å². The number of benzene rings is 1. The number of carbonyl (C=O) groups is 1. The number of aliphatic hydroxyl groups excluding tert-OH is 1. The van der Waals surface area contributed by atoms with Crippen molar-refractivity contribution in [2.75, 3.05) is 20.3 Å². The van der Waals surface area contributed by atoms with Crippen LogP contribution in [-0.4, -0.2) is 36.9 Å². The Morgan fingerprint density at radius 3 is 2.55 bits per heavy atom. The van der Waals surface area contributed by atoms with Crippen molar-refractivity contribution >= 4 is 5.91 Å². The molecule has 0 radical (unpaired) electrons. The highest BCUT2D eigenvalue weighted by molar-refractivity contribution is 5.94. The van der Waals surface area contributed by atoms with E-state index in [0.29, 0.717) is 18.6 Å².